The molecule has 3 nitrogen and oxygen atoms in total. The van der Waals surface area contributed by atoms with Crippen LogP contribution in [0.1, 0.15) is 54.1 Å². The summed E-state index contributed by atoms with van der Waals surface area (Å²) >= 11 is 0. The van der Waals surface area contributed by atoms with Gasteiger partial charge in [0, 0.05) is 24.7 Å². The summed E-state index contributed by atoms with van der Waals surface area (Å²) in [6.07, 6.45) is 5.40. The van der Waals surface area contributed by atoms with E-state index >= 15 is 0 Å². The van der Waals surface area contributed by atoms with Gasteiger partial charge in [-0.1, -0.05) is 36.8 Å². The van der Waals surface area contributed by atoms with Crippen LogP contribution in [0.15, 0.2) is 53.1 Å². The molecule has 0 aliphatic heterocycles. The standard InChI is InChI=1S/C19H20O3/c20-17-10-5-4-9-15(17)16(14-7-2-1-3-8-14)13-18(21)19-11-6-12-22-19/h1-3,6-8,11-12,15-16H,4-5,9-10,13H2/t15-,16+/m0/s1. The number of hydrogen-bond acceptors (Lipinski definition) is 3. The first-order valence-corrected chi connectivity index (χ1v) is 7.90. The van der Waals surface area contributed by atoms with E-state index in [0.717, 1.165) is 24.8 Å². The summed E-state index contributed by atoms with van der Waals surface area (Å²) in [5.41, 5.74) is 1.07. The predicted molar refractivity (Wildman–Crippen MR) is 83.8 cm³/mol. The van der Waals surface area contributed by atoms with Gasteiger partial charge in [-0.2, -0.15) is 0 Å². The van der Waals surface area contributed by atoms with Gasteiger partial charge in [-0.3, -0.25) is 9.59 Å². The van der Waals surface area contributed by atoms with Crippen molar-refractivity contribution in [3.63, 3.8) is 0 Å². The van der Waals surface area contributed by atoms with Crippen LogP contribution in [0.3, 0.4) is 0 Å². The van der Waals surface area contributed by atoms with Gasteiger partial charge in [-0.05, 0) is 30.5 Å². The molecule has 0 unspecified atom stereocenters. The van der Waals surface area contributed by atoms with Crippen molar-refractivity contribution in [1.82, 2.24) is 0 Å². The lowest BCUT2D eigenvalue weighted by molar-refractivity contribution is -0.125. The maximum atomic E-state index is 12.4. The molecule has 1 aliphatic carbocycles. The Labute approximate surface area is 130 Å². The Morgan fingerprint density at radius 2 is 1.95 bits per heavy atom. The lowest BCUT2D eigenvalue weighted by Crippen LogP contribution is -2.27. The maximum absolute atomic E-state index is 12.4. The van der Waals surface area contributed by atoms with Crippen molar-refractivity contribution in [2.75, 3.05) is 0 Å². The monoisotopic (exact) mass is 296 g/mol. The Balaban J connectivity index is 1.86. The van der Waals surface area contributed by atoms with Crippen molar-refractivity contribution in [3.8, 4) is 0 Å². The molecule has 3 heteroatoms. The minimum atomic E-state index is -0.0494. The second-order valence-electron chi connectivity index (χ2n) is 5.94. The number of carbonyl (C=O) groups is 2. The third-order valence-corrected chi connectivity index (χ3v) is 4.52. The van der Waals surface area contributed by atoms with Crippen molar-refractivity contribution in [2.24, 2.45) is 5.92 Å². The molecule has 1 heterocycles. The second-order valence-corrected chi connectivity index (χ2v) is 5.94. The molecule has 2 aromatic rings. The molecule has 1 aromatic carbocycles. The summed E-state index contributed by atoms with van der Waals surface area (Å²) in [6.45, 7) is 0. The fourth-order valence-corrected chi connectivity index (χ4v) is 3.37. The number of carbonyl (C=O) groups excluding carboxylic acids is 2. The summed E-state index contributed by atoms with van der Waals surface area (Å²) in [6, 6.07) is 13.3. The highest BCUT2D eigenvalue weighted by Gasteiger charge is 2.33. The highest BCUT2D eigenvalue weighted by atomic mass is 16.3. The Morgan fingerprint density at radius 3 is 2.64 bits per heavy atom. The number of furan rings is 1. The summed E-state index contributed by atoms with van der Waals surface area (Å²) in [4.78, 5) is 24.8. The summed E-state index contributed by atoms with van der Waals surface area (Å²) < 4.78 is 5.21. The van der Waals surface area contributed by atoms with E-state index in [-0.39, 0.29) is 17.6 Å². The fourth-order valence-electron chi connectivity index (χ4n) is 3.37. The average molecular weight is 296 g/mol. The average Bonchev–Trinajstić information content (AvgIpc) is 3.09. The maximum Gasteiger partial charge on any atom is 0.198 e. The minimum absolute atomic E-state index is 0.0303. The zero-order valence-electron chi connectivity index (χ0n) is 12.5. The molecule has 0 radical (unpaired) electrons. The highest BCUT2D eigenvalue weighted by Crippen LogP contribution is 2.37. The summed E-state index contributed by atoms with van der Waals surface area (Å²) in [5.74, 6) is 0.551. The van der Waals surface area contributed by atoms with E-state index in [9.17, 15) is 9.59 Å². The van der Waals surface area contributed by atoms with Crippen LogP contribution < -0.4 is 0 Å². The largest absolute Gasteiger partial charge is 0.461 e. The Kier molecular flexibility index (Phi) is 4.52. The van der Waals surface area contributed by atoms with Crippen LogP contribution in [0, 0.1) is 5.92 Å². The first-order valence-electron chi connectivity index (χ1n) is 7.90. The molecule has 1 aromatic heterocycles. The van der Waals surface area contributed by atoms with E-state index in [2.05, 4.69) is 0 Å². The van der Waals surface area contributed by atoms with Crippen molar-refractivity contribution >= 4 is 11.6 Å². The van der Waals surface area contributed by atoms with Gasteiger partial charge in [0.1, 0.15) is 5.78 Å². The van der Waals surface area contributed by atoms with E-state index in [1.807, 2.05) is 30.3 Å². The van der Waals surface area contributed by atoms with Gasteiger partial charge >= 0.3 is 0 Å². The third kappa shape index (κ3) is 3.19. The van der Waals surface area contributed by atoms with Gasteiger partial charge in [0.2, 0.25) is 0 Å². The van der Waals surface area contributed by atoms with Crippen molar-refractivity contribution in [2.45, 2.75) is 38.0 Å². The van der Waals surface area contributed by atoms with Gasteiger partial charge in [0.25, 0.3) is 0 Å². The quantitative estimate of drug-likeness (QED) is 0.768. The van der Waals surface area contributed by atoms with Gasteiger partial charge < -0.3 is 4.42 Å². The SMILES string of the molecule is O=C(C[C@H](c1ccccc1)[C@@H]1CCCCC1=O)c1ccco1. The third-order valence-electron chi connectivity index (χ3n) is 4.52. The number of ketones is 2. The van der Waals surface area contributed by atoms with Crippen LogP contribution in [-0.2, 0) is 4.79 Å². The molecule has 0 N–H and O–H groups in total. The molecule has 3 rings (SSSR count). The van der Waals surface area contributed by atoms with Crippen molar-refractivity contribution in [3.05, 3.63) is 60.1 Å². The molecule has 1 fully saturated rings. The first-order chi connectivity index (χ1) is 10.8. The van der Waals surface area contributed by atoms with E-state index in [4.69, 9.17) is 4.42 Å². The van der Waals surface area contributed by atoms with Crippen LogP contribution in [0.25, 0.3) is 0 Å². The number of hydrogen-bond donors (Lipinski definition) is 0. The van der Waals surface area contributed by atoms with Gasteiger partial charge in [0.05, 0.1) is 6.26 Å². The smallest absolute Gasteiger partial charge is 0.198 e. The Bertz CT molecular complexity index is 628. The van der Waals surface area contributed by atoms with Crippen LogP contribution >= 0.6 is 0 Å². The Hall–Kier alpha value is -2.16. The summed E-state index contributed by atoms with van der Waals surface area (Å²) in [7, 11) is 0. The lowest BCUT2D eigenvalue weighted by atomic mass is 9.74. The Morgan fingerprint density at radius 1 is 1.14 bits per heavy atom. The number of Topliss-reactive ketones (excluding diaryl/α,β-unsaturated/α-hetero) is 2. The zero-order valence-corrected chi connectivity index (χ0v) is 12.5. The second kappa shape index (κ2) is 6.73. The number of benzene rings is 1. The molecule has 22 heavy (non-hydrogen) atoms. The van der Waals surface area contributed by atoms with E-state index in [1.54, 1.807) is 12.1 Å². The van der Waals surface area contributed by atoms with Gasteiger partial charge in [-0.15, -0.1) is 0 Å². The van der Waals surface area contributed by atoms with Crippen molar-refractivity contribution in [1.29, 1.82) is 0 Å². The topological polar surface area (TPSA) is 47.3 Å². The normalized spacial score (nSPS) is 19.8. The van der Waals surface area contributed by atoms with E-state index in [1.165, 1.54) is 6.26 Å². The first kappa shape index (κ1) is 14.8. The van der Waals surface area contributed by atoms with E-state index < -0.39 is 0 Å². The van der Waals surface area contributed by atoms with Gasteiger partial charge in [0.15, 0.2) is 11.5 Å². The van der Waals surface area contributed by atoms with Crippen LogP contribution in [0.5, 0.6) is 0 Å². The fraction of sp³-hybridized carbons (Fsp3) is 0.368. The van der Waals surface area contributed by atoms with Crippen LogP contribution in [0.4, 0.5) is 0 Å². The lowest BCUT2D eigenvalue weighted by Gasteiger charge is -2.29. The minimum Gasteiger partial charge on any atom is -0.461 e. The molecular weight excluding hydrogens is 276 g/mol. The molecule has 114 valence electrons. The molecular formula is C19H20O3. The zero-order chi connectivity index (χ0) is 15.4. The van der Waals surface area contributed by atoms with Crippen LogP contribution in [-0.4, -0.2) is 11.6 Å². The van der Waals surface area contributed by atoms with Gasteiger partial charge in [-0.25, -0.2) is 0 Å². The molecule has 0 saturated heterocycles. The van der Waals surface area contributed by atoms with Crippen LogP contribution in [0.2, 0.25) is 0 Å². The predicted octanol–water partition coefficient (Wildman–Crippen LogP) is 4.40. The highest BCUT2D eigenvalue weighted by molar-refractivity contribution is 5.94. The molecule has 1 aliphatic rings. The number of rotatable bonds is 5. The molecule has 2 atom stereocenters. The van der Waals surface area contributed by atoms with E-state index in [0.29, 0.717) is 24.4 Å². The molecule has 0 bridgehead atoms. The summed E-state index contributed by atoms with van der Waals surface area (Å²) in [5, 5.41) is 0. The molecule has 1 saturated carbocycles. The van der Waals surface area contributed by atoms with Crippen molar-refractivity contribution < 1.29 is 14.0 Å². The molecule has 0 amide bonds. The molecule has 0 spiro atoms.